The quantitative estimate of drug-likeness (QED) is 0.807. The van der Waals surface area contributed by atoms with Crippen LogP contribution in [0.25, 0.3) is 0 Å². The first-order chi connectivity index (χ1) is 6.84. The fourth-order valence-electron chi connectivity index (χ4n) is 1.52. The molecular weight excluding hydrogens is 291 g/mol. The maximum Gasteiger partial charge on any atom is 0.119 e. The van der Waals surface area contributed by atoms with E-state index in [2.05, 4.69) is 42.8 Å². The lowest BCUT2D eigenvalue weighted by atomic mass is 10.3. The van der Waals surface area contributed by atoms with Crippen LogP contribution in [-0.4, -0.2) is 41.0 Å². The van der Waals surface area contributed by atoms with Crippen molar-refractivity contribution in [2.75, 3.05) is 26.2 Å². The van der Waals surface area contributed by atoms with Crippen LogP contribution in [0.1, 0.15) is 5.69 Å². The molecule has 4 nitrogen and oxygen atoms in total. The van der Waals surface area contributed by atoms with Crippen LogP contribution >= 0.6 is 22.6 Å². The Bertz CT molecular complexity index is 281. The molecule has 1 N–H and O–H groups in total. The molecule has 2 heterocycles. The van der Waals surface area contributed by atoms with Crippen molar-refractivity contribution in [2.24, 2.45) is 0 Å². The number of hydrogen-bond donors (Lipinski definition) is 1. The van der Waals surface area contributed by atoms with E-state index in [4.69, 9.17) is 0 Å². The van der Waals surface area contributed by atoms with Crippen LogP contribution in [0.4, 0.5) is 0 Å². The minimum absolute atomic E-state index is 0.922. The molecule has 2 rings (SSSR count). The number of aromatic nitrogens is 2. The van der Waals surface area contributed by atoms with Gasteiger partial charge in [0.25, 0.3) is 0 Å². The number of rotatable bonds is 2. The Labute approximate surface area is 97.3 Å². The van der Waals surface area contributed by atoms with Gasteiger partial charge in [-0.25, -0.2) is 4.98 Å². The molecule has 14 heavy (non-hydrogen) atoms. The van der Waals surface area contributed by atoms with Crippen LogP contribution in [0.5, 0.6) is 0 Å². The molecule has 1 saturated heterocycles. The normalized spacial score (nSPS) is 18.4. The van der Waals surface area contributed by atoms with Gasteiger partial charge < -0.3 is 5.32 Å². The predicted molar refractivity (Wildman–Crippen MR) is 62.9 cm³/mol. The first kappa shape index (κ1) is 10.3. The van der Waals surface area contributed by atoms with Gasteiger partial charge in [-0.15, -0.1) is 0 Å². The van der Waals surface area contributed by atoms with E-state index in [0.29, 0.717) is 0 Å². The lowest BCUT2D eigenvalue weighted by Crippen LogP contribution is -2.43. The topological polar surface area (TPSA) is 41.1 Å². The third-order valence-electron chi connectivity index (χ3n) is 2.27. The molecule has 0 saturated carbocycles. The highest BCUT2D eigenvalue weighted by Crippen LogP contribution is 2.03. The van der Waals surface area contributed by atoms with E-state index in [1.807, 2.05) is 12.4 Å². The third kappa shape index (κ3) is 2.86. The average molecular weight is 304 g/mol. The highest BCUT2D eigenvalue weighted by molar-refractivity contribution is 14.1. The summed E-state index contributed by atoms with van der Waals surface area (Å²) >= 11 is 2.17. The Hall–Kier alpha value is -0.270. The van der Waals surface area contributed by atoms with Crippen molar-refractivity contribution in [1.29, 1.82) is 0 Å². The van der Waals surface area contributed by atoms with Gasteiger partial charge in [-0.3, -0.25) is 9.88 Å². The minimum atomic E-state index is 0.922. The van der Waals surface area contributed by atoms with Crippen molar-refractivity contribution in [3.63, 3.8) is 0 Å². The van der Waals surface area contributed by atoms with Gasteiger partial charge in [0.15, 0.2) is 0 Å². The second-order valence-electron chi connectivity index (χ2n) is 3.36. The molecule has 1 fully saturated rings. The standard InChI is InChI=1S/C9H13IN4/c10-9-6-12-8(5-13-9)7-14-3-1-11-2-4-14/h5-6,11H,1-4,7H2. The zero-order chi connectivity index (χ0) is 9.80. The number of nitrogens with zero attached hydrogens (tertiary/aromatic N) is 3. The van der Waals surface area contributed by atoms with Crippen molar-refractivity contribution in [3.8, 4) is 0 Å². The molecule has 0 radical (unpaired) electrons. The first-order valence-corrected chi connectivity index (χ1v) is 5.82. The van der Waals surface area contributed by atoms with E-state index in [0.717, 1.165) is 42.1 Å². The molecule has 0 bridgehead atoms. The summed E-state index contributed by atoms with van der Waals surface area (Å²) in [5.74, 6) is 0. The van der Waals surface area contributed by atoms with Gasteiger partial charge in [0.2, 0.25) is 0 Å². The van der Waals surface area contributed by atoms with Gasteiger partial charge in [-0.05, 0) is 22.6 Å². The summed E-state index contributed by atoms with van der Waals surface area (Å²) in [6.45, 7) is 5.29. The van der Waals surface area contributed by atoms with Crippen molar-refractivity contribution in [3.05, 3.63) is 21.8 Å². The third-order valence-corrected chi connectivity index (χ3v) is 2.83. The first-order valence-electron chi connectivity index (χ1n) is 4.74. The van der Waals surface area contributed by atoms with Gasteiger partial charge in [0, 0.05) is 32.7 Å². The molecule has 0 spiro atoms. The summed E-state index contributed by atoms with van der Waals surface area (Å²) in [4.78, 5) is 11.0. The largest absolute Gasteiger partial charge is 0.314 e. The van der Waals surface area contributed by atoms with Gasteiger partial charge in [-0.1, -0.05) is 0 Å². The summed E-state index contributed by atoms with van der Waals surface area (Å²) in [5.41, 5.74) is 1.06. The number of hydrogen-bond acceptors (Lipinski definition) is 4. The Kier molecular flexibility index (Phi) is 3.66. The van der Waals surface area contributed by atoms with Gasteiger partial charge >= 0.3 is 0 Å². The molecule has 0 unspecified atom stereocenters. The van der Waals surface area contributed by atoms with Crippen LogP contribution in [-0.2, 0) is 6.54 Å². The second kappa shape index (κ2) is 4.99. The highest BCUT2D eigenvalue weighted by atomic mass is 127. The number of nitrogens with one attached hydrogen (secondary N) is 1. The van der Waals surface area contributed by atoms with Gasteiger partial charge in [0.05, 0.1) is 18.1 Å². The van der Waals surface area contributed by atoms with Crippen LogP contribution in [0, 0.1) is 3.70 Å². The van der Waals surface area contributed by atoms with E-state index >= 15 is 0 Å². The predicted octanol–water partition coefficient (Wildman–Crippen LogP) is 0.486. The lowest BCUT2D eigenvalue weighted by Gasteiger charge is -2.26. The van der Waals surface area contributed by atoms with E-state index < -0.39 is 0 Å². The number of piperazine rings is 1. The lowest BCUT2D eigenvalue weighted by molar-refractivity contribution is 0.230. The van der Waals surface area contributed by atoms with Crippen molar-refractivity contribution in [2.45, 2.75) is 6.54 Å². The molecule has 1 aliphatic rings. The fraction of sp³-hybridized carbons (Fsp3) is 0.556. The van der Waals surface area contributed by atoms with Crippen LogP contribution < -0.4 is 5.32 Å². The molecular formula is C9H13IN4. The fourth-order valence-corrected chi connectivity index (χ4v) is 1.80. The SMILES string of the molecule is Ic1cnc(CN2CCNCC2)cn1. The van der Waals surface area contributed by atoms with Crippen molar-refractivity contribution >= 4 is 22.6 Å². The zero-order valence-corrected chi connectivity index (χ0v) is 10.1. The maximum absolute atomic E-state index is 4.34. The Morgan fingerprint density at radius 3 is 2.71 bits per heavy atom. The Balaban J connectivity index is 1.92. The average Bonchev–Trinajstić information content (AvgIpc) is 2.23. The molecule has 76 valence electrons. The summed E-state index contributed by atoms with van der Waals surface area (Å²) in [5, 5.41) is 3.33. The molecule has 0 aliphatic carbocycles. The minimum Gasteiger partial charge on any atom is -0.314 e. The Morgan fingerprint density at radius 1 is 1.29 bits per heavy atom. The molecule has 1 aromatic heterocycles. The van der Waals surface area contributed by atoms with Gasteiger partial charge in [0.1, 0.15) is 3.70 Å². The molecule has 1 aromatic rings. The summed E-state index contributed by atoms with van der Waals surface area (Å²) in [6, 6.07) is 0. The highest BCUT2D eigenvalue weighted by Gasteiger charge is 2.10. The van der Waals surface area contributed by atoms with Crippen LogP contribution in [0.3, 0.4) is 0 Å². The molecule has 0 amide bonds. The summed E-state index contributed by atoms with van der Waals surface area (Å²) in [6.07, 6.45) is 3.68. The van der Waals surface area contributed by atoms with E-state index in [-0.39, 0.29) is 0 Å². The van der Waals surface area contributed by atoms with Crippen LogP contribution in [0.2, 0.25) is 0 Å². The van der Waals surface area contributed by atoms with Gasteiger partial charge in [-0.2, -0.15) is 0 Å². The van der Waals surface area contributed by atoms with Crippen molar-refractivity contribution in [1.82, 2.24) is 20.2 Å². The summed E-state index contributed by atoms with van der Waals surface area (Å²) < 4.78 is 0.951. The zero-order valence-electron chi connectivity index (χ0n) is 7.91. The van der Waals surface area contributed by atoms with E-state index in [9.17, 15) is 0 Å². The maximum atomic E-state index is 4.34. The summed E-state index contributed by atoms with van der Waals surface area (Å²) in [7, 11) is 0. The van der Waals surface area contributed by atoms with Crippen LogP contribution in [0.15, 0.2) is 12.4 Å². The van der Waals surface area contributed by atoms with E-state index in [1.54, 1.807) is 0 Å². The number of halogens is 1. The van der Waals surface area contributed by atoms with E-state index in [1.165, 1.54) is 0 Å². The molecule has 5 heteroatoms. The molecule has 1 aliphatic heterocycles. The monoisotopic (exact) mass is 304 g/mol. The molecule has 0 atom stereocenters. The molecule has 0 aromatic carbocycles. The Morgan fingerprint density at radius 2 is 2.07 bits per heavy atom. The van der Waals surface area contributed by atoms with Crippen molar-refractivity contribution < 1.29 is 0 Å². The smallest absolute Gasteiger partial charge is 0.119 e. The second-order valence-corrected chi connectivity index (χ2v) is 4.46.